The van der Waals surface area contributed by atoms with E-state index in [0.29, 0.717) is 0 Å². The van der Waals surface area contributed by atoms with Gasteiger partial charge < -0.3 is 45.2 Å². The van der Waals surface area contributed by atoms with E-state index in [1.807, 2.05) is 0 Å². The second-order valence-electron chi connectivity index (χ2n) is 5.16. The maximum atomic E-state index is 11.6. The molecule has 0 aromatic rings. The van der Waals surface area contributed by atoms with Crippen LogP contribution in [0.25, 0.3) is 0 Å². The van der Waals surface area contributed by atoms with Crippen LogP contribution >= 0.6 is 0 Å². The molecule has 0 spiro atoms. The van der Waals surface area contributed by atoms with Gasteiger partial charge in [-0.3, -0.25) is 4.79 Å². The third-order valence-electron chi connectivity index (χ3n) is 3.64. The van der Waals surface area contributed by atoms with Gasteiger partial charge >= 0.3 is 0 Å². The molecule has 7 N–H and O–H groups in total. The smallest absolute Gasteiger partial charge is 0.233 e. The Bertz CT molecular complexity index is 525. The van der Waals surface area contributed by atoms with Crippen molar-refractivity contribution < 1.29 is 50.0 Å². The molecule has 0 bridgehead atoms. The first kappa shape index (κ1) is 17.8. The highest BCUT2D eigenvalue weighted by Crippen LogP contribution is 2.27. The first-order valence-electron chi connectivity index (χ1n) is 6.75. The van der Waals surface area contributed by atoms with Gasteiger partial charge in [0.05, 0.1) is 13.2 Å². The van der Waals surface area contributed by atoms with Gasteiger partial charge in [-0.2, -0.15) is 0 Å². The van der Waals surface area contributed by atoms with E-state index < -0.39 is 67.3 Å². The van der Waals surface area contributed by atoms with Crippen LogP contribution in [0.2, 0.25) is 0 Å². The summed E-state index contributed by atoms with van der Waals surface area (Å²) in [6, 6.07) is 0. The van der Waals surface area contributed by atoms with E-state index in [9.17, 15) is 30.3 Å². The molecule has 2 rings (SSSR count). The van der Waals surface area contributed by atoms with Crippen molar-refractivity contribution in [3.8, 4) is 0 Å². The molecule has 0 aromatic carbocycles. The number of ether oxygens (including phenoxy) is 2. The van der Waals surface area contributed by atoms with Gasteiger partial charge in [-0.25, -0.2) is 0 Å². The second kappa shape index (κ2) is 6.93. The summed E-state index contributed by atoms with van der Waals surface area (Å²) in [7, 11) is 0. The number of aliphatic hydroxyl groups is 7. The molecule has 10 nitrogen and oxygen atoms in total. The van der Waals surface area contributed by atoms with Gasteiger partial charge in [-0.1, -0.05) is 0 Å². The highest BCUT2D eigenvalue weighted by molar-refractivity contribution is 6.00. The molecule has 23 heavy (non-hydrogen) atoms. The summed E-state index contributed by atoms with van der Waals surface area (Å²) in [5.41, 5.74) is -0.208. The molecule has 4 unspecified atom stereocenters. The number of carbonyl (C=O) groups is 1. The zero-order valence-electron chi connectivity index (χ0n) is 11.8. The Hall–Kier alpha value is -1.53. The number of rotatable bonds is 4. The second-order valence-corrected chi connectivity index (χ2v) is 5.16. The lowest BCUT2D eigenvalue weighted by Crippen LogP contribution is -2.59. The molecule has 6 atom stereocenters. The van der Waals surface area contributed by atoms with Crippen molar-refractivity contribution in [2.45, 2.75) is 36.8 Å². The van der Waals surface area contributed by atoms with Crippen molar-refractivity contribution >= 4 is 5.78 Å². The van der Waals surface area contributed by atoms with Crippen molar-refractivity contribution in [2.75, 3.05) is 13.2 Å². The molecule has 130 valence electrons. The summed E-state index contributed by atoms with van der Waals surface area (Å²) in [6.07, 6.45) is -8.73. The Morgan fingerprint density at radius 2 is 1.74 bits per heavy atom. The molecular weight excluding hydrogens is 316 g/mol. The van der Waals surface area contributed by atoms with Crippen molar-refractivity contribution in [3.63, 3.8) is 0 Å². The number of hydrogen-bond donors (Lipinski definition) is 7. The first-order valence-corrected chi connectivity index (χ1v) is 6.75. The quantitative estimate of drug-likeness (QED) is 0.272. The van der Waals surface area contributed by atoms with Crippen LogP contribution in [0, 0.1) is 0 Å². The summed E-state index contributed by atoms with van der Waals surface area (Å²) >= 11 is 0. The molecule has 1 heterocycles. The summed E-state index contributed by atoms with van der Waals surface area (Å²) in [4.78, 5) is 11.6. The molecule has 1 aliphatic carbocycles. The Kier molecular flexibility index (Phi) is 5.37. The summed E-state index contributed by atoms with van der Waals surface area (Å²) in [6.45, 7) is -1.38. The van der Waals surface area contributed by atoms with E-state index in [2.05, 4.69) is 0 Å². The van der Waals surface area contributed by atoms with Gasteiger partial charge in [-0.15, -0.1) is 0 Å². The van der Waals surface area contributed by atoms with Crippen LogP contribution in [0.5, 0.6) is 0 Å². The lowest BCUT2D eigenvalue weighted by Gasteiger charge is -2.40. The normalized spacial score (nSPS) is 38.5. The fourth-order valence-corrected chi connectivity index (χ4v) is 2.25. The number of aliphatic hydroxyl groups excluding tert-OH is 7. The third-order valence-corrected chi connectivity index (χ3v) is 3.64. The number of carbonyl (C=O) groups excluding carboxylic acids is 1. The van der Waals surface area contributed by atoms with Crippen molar-refractivity contribution in [2.24, 2.45) is 0 Å². The van der Waals surface area contributed by atoms with Gasteiger partial charge in [0.2, 0.25) is 12.1 Å². The maximum Gasteiger partial charge on any atom is 0.233 e. The summed E-state index contributed by atoms with van der Waals surface area (Å²) < 4.78 is 10.2. The first-order chi connectivity index (χ1) is 10.8. The molecule has 0 amide bonds. The van der Waals surface area contributed by atoms with E-state index in [1.54, 1.807) is 0 Å². The average Bonchev–Trinajstić information content (AvgIpc) is 2.55. The number of hydrogen-bond acceptors (Lipinski definition) is 10. The summed E-state index contributed by atoms with van der Waals surface area (Å²) in [5, 5.41) is 66.5. The molecule has 1 saturated heterocycles. The largest absolute Gasteiger partial charge is 0.504 e. The topological polar surface area (TPSA) is 177 Å². The zero-order valence-corrected chi connectivity index (χ0v) is 11.8. The molecule has 1 aliphatic heterocycles. The minimum Gasteiger partial charge on any atom is -0.504 e. The molecule has 1 fully saturated rings. The SMILES string of the molecule is O=C1C(O)=C(CO)C=C(O[C@@H]2OC(CO)[C@H](O)C(O)C2O)C1O. The Balaban J connectivity index is 2.22. The standard InChI is InChI=1S/C13H18O10/c14-2-4-1-5(8(17)10(19)7(4)16)22-13-12(21)11(20)9(18)6(3-15)23-13/h1,6,8-9,11-18,20-21H,2-3H2/t6?,8?,9-,11?,12?,13+/m0/s1. The van der Waals surface area contributed by atoms with E-state index in [-0.39, 0.29) is 5.57 Å². The predicted molar refractivity (Wildman–Crippen MR) is 70.7 cm³/mol. The Morgan fingerprint density at radius 1 is 1.09 bits per heavy atom. The summed E-state index contributed by atoms with van der Waals surface area (Å²) in [5.74, 6) is -2.36. The van der Waals surface area contributed by atoms with Crippen LogP contribution < -0.4 is 0 Å². The fourth-order valence-electron chi connectivity index (χ4n) is 2.25. The van der Waals surface area contributed by atoms with E-state index in [1.165, 1.54) is 0 Å². The van der Waals surface area contributed by atoms with Crippen molar-refractivity contribution in [3.05, 3.63) is 23.2 Å². The molecular formula is C13H18O10. The lowest BCUT2D eigenvalue weighted by atomic mass is 9.98. The zero-order chi connectivity index (χ0) is 17.3. The molecule has 0 radical (unpaired) electrons. The van der Waals surface area contributed by atoms with E-state index >= 15 is 0 Å². The van der Waals surface area contributed by atoms with Gasteiger partial charge in [0.1, 0.15) is 30.2 Å². The van der Waals surface area contributed by atoms with E-state index in [0.717, 1.165) is 6.08 Å². The number of ketones is 1. The van der Waals surface area contributed by atoms with Crippen LogP contribution in [-0.4, -0.2) is 91.6 Å². The minimum absolute atomic E-state index is 0.208. The van der Waals surface area contributed by atoms with Gasteiger partial charge in [0.25, 0.3) is 0 Å². The minimum atomic E-state index is -1.89. The maximum absolute atomic E-state index is 11.6. The van der Waals surface area contributed by atoms with Crippen LogP contribution in [-0.2, 0) is 14.3 Å². The van der Waals surface area contributed by atoms with Crippen molar-refractivity contribution in [1.82, 2.24) is 0 Å². The Morgan fingerprint density at radius 3 is 2.30 bits per heavy atom. The van der Waals surface area contributed by atoms with Crippen LogP contribution in [0.15, 0.2) is 23.2 Å². The van der Waals surface area contributed by atoms with Crippen LogP contribution in [0.4, 0.5) is 0 Å². The average molecular weight is 334 g/mol. The number of Topliss-reactive ketones (excluding diaryl/α,β-unsaturated/α-hetero) is 1. The van der Waals surface area contributed by atoms with E-state index in [4.69, 9.17) is 19.7 Å². The lowest BCUT2D eigenvalue weighted by molar-refractivity contribution is -0.293. The van der Waals surface area contributed by atoms with Crippen LogP contribution in [0.1, 0.15) is 0 Å². The predicted octanol–water partition coefficient (Wildman–Crippen LogP) is -3.57. The molecule has 10 heteroatoms. The molecule has 0 saturated carbocycles. The molecule has 0 aromatic heterocycles. The highest BCUT2D eigenvalue weighted by atomic mass is 16.7. The molecule has 2 aliphatic rings. The fraction of sp³-hybridized carbons (Fsp3) is 0.615. The third kappa shape index (κ3) is 3.23. The Labute approximate surface area is 130 Å². The van der Waals surface area contributed by atoms with Crippen LogP contribution in [0.3, 0.4) is 0 Å². The van der Waals surface area contributed by atoms with Gasteiger partial charge in [0, 0.05) is 5.57 Å². The highest BCUT2D eigenvalue weighted by Gasteiger charge is 2.46. The van der Waals surface area contributed by atoms with Crippen molar-refractivity contribution in [1.29, 1.82) is 0 Å². The monoisotopic (exact) mass is 334 g/mol. The van der Waals surface area contributed by atoms with Gasteiger partial charge in [0.15, 0.2) is 11.9 Å². The van der Waals surface area contributed by atoms with Gasteiger partial charge in [-0.05, 0) is 6.08 Å².